The zero-order chi connectivity index (χ0) is 17.5. The number of hydrogen-bond donors (Lipinski definition) is 0. The molecular weight excluding hydrogens is 318 g/mol. The number of nitrogens with zero attached hydrogens (tertiary/aromatic N) is 3. The van der Waals surface area contributed by atoms with Crippen molar-refractivity contribution >= 4 is 11.8 Å². The topological polar surface area (TPSA) is 62.7 Å². The van der Waals surface area contributed by atoms with Crippen molar-refractivity contribution in [1.82, 2.24) is 14.8 Å². The Bertz CT molecular complexity index is 698. The van der Waals surface area contributed by atoms with Crippen molar-refractivity contribution in [3.8, 4) is 5.75 Å². The largest absolute Gasteiger partial charge is 0.493 e. The van der Waals surface area contributed by atoms with Gasteiger partial charge in [0.15, 0.2) is 0 Å². The van der Waals surface area contributed by atoms with Gasteiger partial charge in [-0.3, -0.25) is 14.6 Å². The van der Waals surface area contributed by atoms with E-state index in [9.17, 15) is 9.59 Å². The molecule has 1 saturated heterocycles. The van der Waals surface area contributed by atoms with E-state index in [1.54, 1.807) is 34.3 Å². The average Bonchev–Trinajstić information content (AvgIpc) is 2.69. The molecule has 3 rings (SSSR count). The van der Waals surface area contributed by atoms with Gasteiger partial charge in [-0.25, -0.2) is 0 Å². The van der Waals surface area contributed by atoms with Crippen LogP contribution in [0.1, 0.15) is 16.8 Å². The van der Waals surface area contributed by atoms with Gasteiger partial charge in [0.1, 0.15) is 5.75 Å². The van der Waals surface area contributed by atoms with E-state index in [-0.39, 0.29) is 11.8 Å². The van der Waals surface area contributed by atoms with Crippen LogP contribution in [0, 0.1) is 0 Å². The second-order valence-electron chi connectivity index (χ2n) is 5.83. The van der Waals surface area contributed by atoms with Crippen molar-refractivity contribution in [3.05, 3.63) is 60.4 Å². The van der Waals surface area contributed by atoms with Gasteiger partial charge in [0, 0.05) is 38.6 Å². The molecule has 2 heterocycles. The van der Waals surface area contributed by atoms with Crippen LogP contribution in [-0.2, 0) is 4.79 Å². The van der Waals surface area contributed by atoms with Crippen LogP contribution in [0.15, 0.2) is 54.9 Å². The van der Waals surface area contributed by atoms with Crippen LogP contribution in [-0.4, -0.2) is 59.4 Å². The van der Waals surface area contributed by atoms with E-state index in [1.807, 2.05) is 30.3 Å². The Balaban J connectivity index is 1.42. The number of piperazine rings is 1. The summed E-state index contributed by atoms with van der Waals surface area (Å²) in [6, 6.07) is 13.0. The van der Waals surface area contributed by atoms with E-state index in [4.69, 9.17) is 4.74 Å². The van der Waals surface area contributed by atoms with Gasteiger partial charge < -0.3 is 14.5 Å². The third-order valence-corrected chi connectivity index (χ3v) is 4.16. The number of benzene rings is 1. The highest BCUT2D eigenvalue weighted by Gasteiger charge is 2.24. The number of hydrogen-bond acceptors (Lipinski definition) is 4. The summed E-state index contributed by atoms with van der Waals surface area (Å²) < 4.78 is 5.57. The first-order valence-electron chi connectivity index (χ1n) is 8.39. The highest BCUT2D eigenvalue weighted by atomic mass is 16.5. The van der Waals surface area contributed by atoms with Crippen LogP contribution < -0.4 is 4.74 Å². The molecule has 0 aliphatic carbocycles. The predicted octanol–water partition coefficient (Wildman–Crippen LogP) is 1.84. The fourth-order valence-corrected chi connectivity index (χ4v) is 2.76. The molecule has 6 nitrogen and oxygen atoms in total. The first kappa shape index (κ1) is 17.0. The Labute approximate surface area is 147 Å². The second-order valence-corrected chi connectivity index (χ2v) is 5.83. The lowest BCUT2D eigenvalue weighted by Gasteiger charge is -2.34. The molecule has 1 aromatic heterocycles. The van der Waals surface area contributed by atoms with Crippen LogP contribution in [0.25, 0.3) is 0 Å². The number of aromatic nitrogens is 1. The quantitative estimate of drug-likeness (QED) is 0.834. The molecule has 1 fully saturated rings. The minimum atomic E-state index is -0.0346. The van der Waals surface area contributed by atoms with Crippen molar-refractivity contribution in [2.45, 2.75) is 6.42 Å². The van der Waals surface area contributed by atoms with Crippen LogP contribution in [0.5, 0.6) is 5.75 Å². The Morgan fingerprint density at radius 3 is 2.36 bits per heavy atom. The standard InChI is InChI=1S/C19H21N3O3/c23-18(8-14-25-17-6-2-1-3-7-17)21-10-12-22(13-11-21)19(24)16-5-4-9-20-15-16/h1-7,9,15H,8,10-14H2. The normalized spacial score (nSPS) is 14.2. The number of carbonyl (C=O) groups excluding carboxylic acids is 2. The fourth-order valence-electron chi connectivity index (χ4n) is 2.76. The van der Waals surface area contributed by atoms with Crippen LogP contribution in [0.3, 0.4) is 0 Å². The van der Waals surface area contributed by atoms with E-state index < -0.39 is 0 Å². The Morgan fingerprint density at radius 1 is 0.960 bits per heavy atom. The van der Waals surface area contributed by atoms with Crippen molar-refractivity contribution in [2.24, 2.45) is 0 Å². The molecule has 25 heavy (non-hydrogen) atoms. The predicted molar refractivity (Wildman–Crippen MR) is 93.3 cm³/mol. The van der Waals surface area contributed by atoms with Gasteiger partial charge in [0.05, 0.1) is 18.6 Å². The van der Waals surface area contributed by atoms with Gasteiger partial charge in [-0.05, 0) is 24.3 Å². The summed E-state index contributed by atoms with van der Waals surface area (Å²) in [6.45, 7) is 2.54. The molecule has 0 saturated carbocycles. The van der Waals surface area contributed by atoms with Crippen molar-refractivity contribution < 1.29 is 14.3 Å². The van der Waals surface area contributed by atoms with Crippen LogP contribution in [0.4, 0.5) is 0 Å². The Hall–Kier alpha value is -2.89. The summed E-state index contributed by atoms with van der Waals surface area (Å²) in [7, 11) is 0. The highest BCUT2D eigenvalue weighted by Crippen LogP contribution is 2.11. The second kappa shape index (κ2) is 8.28. The minimum absolute atomic E-state index is 0.0346. The van der Waals surface area contributed by atoms with Crippen LogP contribution >= 0.6 is 0 Å². The molecule has 0 spiro atoms. The monoisotopic (exact) mass is 339 g/mol. The minimum Gasteiger partial charge on any atom is -0.493 e. The van der Waals surface area contributed by atoms with Gasteiger partial charge in [0.2, 0.25) is 5.91 Å². The number of amides is 2. The summed E-state index contributed by atoms with van der Waals surface area (Å²) in [5.41, 5.74) is 0.582. The maximum absolute atomic E-state index is 12.4. The smallest absolute Gasteiger partial charge is 0.255 e. The third kappa shape index (κ3) is 4.56. The first-order chi connectivity index (χ1) is 12.2. The van der Waals surface area contributed by atoms with Gasteiger partial charge in [-0.15, -0.1) is 0 Å². The zero-order valence-electron chi connectivity index (χ0n) is 14.0. The lowest BCUT2D eigenvalue weighted by molar-refractivity contribution is -0.133. The molecule has 1 aromatic carbocycles. The fraction of sp³-hybridized carbons (Fsp3) is 0.316. The molecule has 0 atom stereocenters. The number of pyridine rings is 1. The third-order valence-electron chi connectivity index (χ3n) is 4.16. The van der Waals surface area contributed by atoms with E-state index in [0.29, 0.717) is 44.8 Å². The molecule has 1 aliphatic heterocycles. The summed E-state index contributed by atoms with van der Waals surface area (Å²) in [5, 5.41) is 0. The van der Waals surface area contributed by atoms with Gasteiger partial charge in [-0.2, -0.15) is 0 Å². The maximum Gasteiger partial charge on any atom is 0.255 e. The molecule has 6 heteroatoms. The number of rotatable bonds is 5. The lowest BCUT2D eigenvalue weighted by atomic mass is 10.2. The summed E-state index contributed by atoms with van der Waals surface area (Å²) in [4.78, 5) is 32.2. The first-order valence-corrected chi connectivity index (χ1v) is 8.39. The molecule has 0 bridgehead atoms. The Morgan fingerprint density at radius 2 is 1.68 bits per heavy atom. The van der Waals surface area contributed by atoms with Crippen molar-refractivity contribution in [1.29, 1.82) is 0 Å². The van der Waals surface area contributed by atoms with E-state index in [0.717, 1.165) is 5.75 Å². The summed E-state index contributed by atoms with van der Waals surface area (Å²) in [6.07, 6.45) is 3.55. The van der Waals surface area contributed by atoms with Crippen LogP contribution in [0.2, 0.25) is 0 Å². The van der Waals surface area contributed by atoms with Gasteiger partial charge in [0.25, 0.3) is 5.91 Å². The summed E-state index contributed by atoms with van der Waals surface area (Å²) in [5.74, 6) is 0.791. The molecule has 0 N–H and O–H groups in total. The summed E-state index contributed by atoms with van der Waals surface area (Å²) >= 11 is 0. The Kier molecular flexibility index (Phi) is 5.61. The van der Waals surface area contributed by atoms with E-state index in [2.05, 4.69) is 4.98 Å². The van der Waals surface area contributed by atoms with Gasteiger partial charge in [-0.1, -0.05) is 18.2 Å². The van der Waals surface area contributed by atoms with Crippen molar-refractivity contribution in [2.75, 3.05) is 32.8 Å². The molecule has 1 aliphatic rings. The number of ether oxygens (including phenoxy) is 1. The molecular formula is C19H21N3O3. The maximum atomic E-state index is 12.4. The lowest BCUT2D eigenvalue weighted by Crippen LogP contribution is -2.50. The SMILES string of the molecule is O=C(CCOc1ccccc1)N1CCN(C(=O)c2cccnc2)CC1. The molecule has 0 radical (unpaired) electrons. The van der Waals surface area contributed by atoms with Crippen molar-refractivity contribution in [3.63, 3.8) is 0 Å². The molecule has 0 unspecified atom stereocenters. The zero-order valence-corrected chi connectivity index (χ0v) is 14.0. The number of para-hydroxylation sites is 1. The van der Waals surface area contributed by atoms with E-state index >= 15 is 0 Å². The number of carbonyl (C=O) groups is 2. The molecule has 130 valence electrons. The molecule has 2 amide bonds. The van der Waals surface area contributed by atoms with E-state index in [1.165, 1.54) is 0 Å². The highest BCUT2D eigenvalue weighted by molar-refractivity contribution is 5.94. The van der Waals surface area contributed by atoms with Gasteiger partial charge >= 0.3 is 0 Å². The molecule has 2 aromatic rings. The average molecular weight is 339 g/mol.